The molecule has 0 atom stereocenters. The summed E-state index contributed by atoms with van der Waals surface area (Å²) in [6, 6.07) is 9.41. The average Bonchev–Trinajstić information content (AvgIpc) is 2.81. The van der Waals surface area contributed by atoms with Crippen molar-refractivity contribution in [2.75, 3.05) is 0 Å². The molecule has 1 aromatic carbocycles. The van der Waals surface area contributed by atoms with E-state index in [1.807, 2.05) is 30.3 Å². The monoisotopic (exact) mass is 286 g/mol. The molecule has 0 radical (unpaired) electrons. The molecule has 0 aliphatic rings. The predicted molar refractivity (Wildman–Crippen MR) is 68.9 cm³/mol. The van der Waals surface area contributed by atoms with E-state index >= 15 is 0 Å². The maximum Gasteiger partial charge on any atom is 0.436 e. The number of halogens is 3. The SMILES string of the molecule is CCn1cc(SCc2ccccc2)c(C(F)(F)F)n1. The van der Waals surface area contributed by atoms with E-state index in [1.165, 1.54) is 10.9 Å². The van der Waals surface area contributed by atoms with Crippen LogP contribution in [0, 0.1) is 0 Å². The lowest BCUT2D eigenvalue weighted by Crippen LogP contribution is -2.08. The number of hydrogen-bond donors (Lipinski definition) is 0. The average molecular weight is 286 g/mol. The molecule has 2 aromatic rings. The fourth-order valence-corrected chi connectivity index (χ4v) is 2.61. The molecule has 19 heavy (non-hydrogen) atoms. The second-order valence-corrected chi connectivity index (χ2v) is 4.99. The molecule has 0 aliphatic carbocycles. The second kappa shape index (κ2) is 5.69. The van der Waals surface area contributed by atoms with Crippen LogP contribution in [-0.4, -0.2) is 9.78 Å². The maximum atomic E-state index is 12.8. The highest BCUT2D eigenvalue weighted by Crippen LogP contribution is 2.36. The summed E-state index contributed by atoms with van der Waals surface area (Å²) in [7, 11) is 0. The molecular weight excluding hydrogens is 273 g/mol. The van der Waals surface area contributed by atoms with Gasteiger partial charge in [-0.05, 0) is 12.5 Å². The van der Waals surface area contributed by atoms with Crippen LogP contribution in [0.4, 0.5) is 13.2 Å². The Morgan fingerprint density at radius 2 is 1.89 bits per heavy atom. The molecule has 6 heteroatoms. The Hall–Kier alpha value is -1.43. The van der Waals surface area contributed by atoms with Gasteiger partial charge in [-0.2, -0.15) is 18.3 Å². The molecule has 0 saturated carbocycles. The fraction of sp³-hybridized carbons (Fsp3) is 0.308. The fourth-order valence-electron chi connectivity index (χ4n) is 1.60. The van der Waals surface area contributed by atoms with E-state index < -0.39 is 11.9 Å². The summed E-state index contributed by atoms with van der Waals surface area (Å²) in [5, 5.41) is 3.58. The molecule has 0 spiro atoms. The standard InChI is InChI=1S/C13H13F3N2S/c1-2-18-8-11(12(17-18)13(14,15)16)19-9-10-6-4-3-5-7-10/h3-8H,2,9H2,1H3. The Bertz CT molecular complexity index is 535. The van der Waals surface area contributed by atoms with Gasteiger partial charge in [-0.1, -0.05) is 30.3 Å². The van der Waals surface area contributed by atoms with Crippen molar-refractivity contribution in [2.24, 2.45) is 0 Å². The molecule has 0 aliphatic heterocycles. The van der Waals surface area contributed by atoms with Crippen LogP contribution in [0.1, 0.15) is 18.2 Å². The smallest absolute Gasteiger partial charge is 0.271 e. The first-order valence-electron chi connectivity index (χ1n) is 5.82. The predicted octanol–water partition coefficient (Wildman–Crippen LogP) is 4.21. The van der Waals surface area contributed by atoms with Crippen LogP contribution in [0.15, 0.2) is 41.4 Å². The molecule has 0 fully saturated rings. The molecule has 0 unspecified atom stereocenters. The summed E-state index contributed by atoms with van der Waals surface area (Å²) in [4.78, 5) is 0.179. The number of rotatable bonds is 4. The van der Waals surface area contributed by atoms with Crippen LogP contribution in [0.25, 0.3) is 0 Å². The Kier molecular flexibility index (Phi) is 4.19. The van der Waals surface area contributed by atoms with Crippen molar-refractivity contribution in [3.8, 4) is 0 Å². The number of alkyl halides is 3. The Labute approximate surface area is 113 Å². The minimum atomic E-state index is -4.40. The number of aromatic nitrogens is 2. The van der Waals surface area contributed by atoms with Crippen molar-refractivity contribution in [1.82, 2.24) is 9.78 Å². The van der Waals surface area contributed by atoms with E-state index in [0.29, 0.717) is 12.3 Å². The van der Waals surface area contributed by atoms with Crippen LogP contribution >= 0.6 is 11.8 Å². The van der Waals surface area contributed by atoms with Gasteiger partial charge in [0.2, 0.25) is 0 Å². The van der Waals surface area contributed by atoms with Crippen LogP contribution in [0.2, 0.25) is 0 Å². The minimum absolute atomic E-state index is 0.179. The topological polar surface area (TPSA) is 17.8 Å². The zero-order valence-electron chi connectivity index (χ0n) is 10.3. The van der Waals surface area contributed by atoms with Gasteiger partial charge in [0, 0.05) is 18.5 Å². The highest BCUT2D eigenvalue weighted by atomic mass is 32.2. The minimum Gasteiger partial charge on any atom is -0.271 e. The Balaban J connectivity index is 2.17. The third kappa shape index (κ3) is 3.53. The first kappa shape index (κ1) is 14.0. The molecule has 1 heterocycles. The normalized spacial score (nSPS) is 11.8. The largest absolute Gasteiger partial charge is 0.436 e. The van der Waals surface area contributed by atoms with Gasteiger partial charge >= 0.3 is 6.18 Å². The molecule has 2 rings (SSSR count). The van der Waals surface area contributed by atoms with E-state index in [2.05, 4.69) is 5.10 Å². The molecular formula is C13H13F3N2S. The van der Waals surface area contributed by atoms with E-state index in [-0.39, 0.29) is 4.90 Å². The van der Waals surface area contributed by atoms with Crippen LogP contribution in [-0.2, 0) is 18.5 Å². The summed E-state index contributed by atoms with van der Waals surface area (Å²) < 4.78 is 39.8. The van der Waals surface area contributed by atoms with Crippen LogP contribution < -0.4 is 0 Å². The number of benzene rings is 1. The number of aryl methyl sites for hydroxylation is 1. The van der Waals surface area contributed by atoms with Crippen molar-refractivity contribution < 1.29 is 13.2 Å². The van der Waals surface area contributed by atoms with E-state index in [1.54, 1.807) is 6.92 Å². The Morgan fingerprint density at radius 1 is 1.21 bits per heavy atom. The lowest BCUT2D eigenvalue weighted by atomic mass is 10.2. The molecule has 0 saturated heterocycles. The number of nitrogens with zero attached hydrogens (tertiary/aromatic N) is 2. The van der Waals surface area contributed by atoms with Crippen molar-refractivity contribution in [2.45, 2.75) is 30.3 Å². The van der Waals surface area contributed by atoms with Gasteiger partial charge in [0.15, 0.2) is 5.69 Å². The van der Waals surface area contributed by atoms with Crippen molar-refractivity contribution in [1.29, 1.82) is 0 Å². The highest BCUT2D eigenvalue weighted by Gasteiger charge is 2.37. The quantitative estimate of drug-likeness (QED) is 0.783. The van der Waals surface area contributed by atoms with Gasteiger partial charge in [0.05, 0.1) is 4.90 Å². The Morgan fingerprint density at radius 3 is 2.47 bits per heavy atom. The summed E-state index contributed by atoms with van der Waals surface area (Å²) in [5.41, 5.74) is 0.195. The van der Waals surface area contributed by atoms with Crippen LogP contribution in [0.5, 0.6) is 0 Å². The third-order valence-electron chi connectivity index (χ3n) is 2.56. The van der Waals surface area contributed by atoms with Gasteiger partial charge in [-0.25, -0.2) is 0 Å². The lowest BCUT2D eigenvalue weighted by molar-refractivity contribution is -0.143. The highest BCUT2D eigenvalue weighted by molar-refractivity contribution is 7.98. The molecule has 0 amide bonds. The van der Waals surface area contributed by atoms with Gasteiger partial charge in [-0.15, -0.1) is 11.8 Å². The van der Waals surface area contributed by atoms with Gasteiger partial charge in [0.1, 0.15) is 0 Å². The first-order chi connectivity index (χ1) is 9.00. The summed E-state index contributed by atoms with van der Waals surface area (Å²) in [6.45, 7) is 2.19. The summed E-state index contributed by atoms with van der Waals surface area (Å²) in [6.07, 6.45) is -2.95. The molecule has 0 N–H and O–H groups in total. The maximum absolute atomic E-state index is 12.8. The van der Waals surface area contributed by atoms with Crippen molar-refractivity contribution >= 4 is 11.8 Å². The molecule has 0 bridgehead atoms. The van der Waals surface area contributed by atoms with Gasteiger partial charge in [0.25, 0.3) is 0 Å². The van der Waals surface area contributed by atoms with E-state index in [9.17, 15) is 13.2 Å². The van der Waals surface area contributed by atoms with Crippen molar-refractivity contribution in [3.63, 3.8) is 0 Å². The van der Waals surface area contributed by atoms with Gasteiger partial charge in [-0.3, -0.25) is 4.68 Å². The summed E-state index contributed by atoms with van der Waals surface area (Å²) >= 11 is 1.16. The molecule has 102 valence electrons. The van der Waals surface area contributed by atoms with E-state index in [4.69, 9.17) is 0 Å². The van der Waals surface area contributed by atoms with E-state index in [0.717, 1.165) is 17.3 Å². The zero-order chi connectivity index (χ0) is 13.9. The zero-order valence-corrected chi connectivity index (χ0v) is 11.1. The number of hydrogen-bond acceptors (Lipinski definition) is 2. The molecule has 1 aromatic heterocycles. The van der Waals surface area contributed by atoms with Crippen molar-refractivity contribution in [3.05, 3.63) is 47.8 Å². The first-order valence-corrected chi connectivity index (χ1v) is 6.80. The summed E-state index contributed by atoms with van der Waals surface area (Å²) in [5.74, 6) is 0.499. The van der Waals surface area contributed by atoms with Crippen LogP contribution in [0.3, 0.4) is 0 Å². The second-order valence-electron chi connectivity index (χ2n) is 3.97. The lowest BCUT2D eigenvalue weighted by Gasteiger charge is -2.05. The number of thioether (sulfide) groups is 1. The van der Waals surface area contributed by atoms with Gasteiger partial charge < -0.3 is 0 Å². The third-order valence-corrected chi connectivity index (χ3v) is 3.65. The molecule has 2 nitrogen and oxygen atoms in total.